The molecule has 0 nitrogen and oxygen atoms in total. The summed E-state index contributed by atoms with van der Waals surface area (Å²) in [6.07, 6.45) is 2.75. The Kier molecular flexibility index (Phi) is 8.15. The van der Waals surface area contributed by atoms with Gasteiger partial charge in [-0.05, 0) is 53.7 Å². The number of benzene rings is 2. The first kappa shape index (κ1) is 22.3. The number of rotatable bonds is 8. The highest BCUT2D eigenvalue weighted by Crippen LogP contribution is 2.40. The molecule has 0 saturated heterocycles. The van der Waals surface area contributed by atoms with Crippen molar-refractivity contribution in [2.24, 2.45) is 0 Å². The Labute approximate surface area is 178 Å². The lowest BCUT2D eigenvalue weighted by atomic mass is 10.0. The molecule has 2 aromatic rings. The Morgan fingerprint density at radius 1 is 0.885 bits per heavy atom. The van der Waals surface area contributed by atoms with Crippen LogP contribution in [0.4, 0.5) is 0 Å². The monoisotopic (exact) mass is 462 g/mol. The van der Waals surface area contributed by atoms with Crippen molar-refractivity contribution < 1.29 is 0 Å². The molecule has 0 aliphatic heterocycles. The first-order valence-corrected chi connectivity index (χ1v) is 18.0. The van der Waals surface area contributed by atoms with Crippen LogP contribution in [-0.2, 0) is 12.8 Å². The van der Waals surface area contributed by atoms with Crippen molar-refractivity contribution >= 4 is 62.9 Å². The molecular weight excluding hydrogens is 438 g/mol. The lowest BCUT2D eigenvalue weighted by Gasteiger charge is -2.28. The van der Waals surface area contributed by atoms with E-state index in [0.29, 0.717) is 0 Å². The third-order valence-electron chi connectivity index (χ3n) is 4.95. The van der Waals surface area contributed by atoms with Gasteiger partial charge < -0.3 is 0 Å². The fraction of sp³-hybridized carbons (Fsp3) is 0.400. The predicted molar refractivity (Wildman–Crippen MR) is 124 cm³/mol. The van der Waals surface area contributed by atoms with Crippen molar-refractivity contribution in [1.29, 1.82) is 0 Å². The summed E-state index contributed by atoms with van der Waals surface area (Å²) >= 11 is 27.0. The normalized spacial score (nSPS) is 13.7. The Bertz CT molecular complexity index is 711. The van der Waals surface area contributed by atoms with Gasteiger partial charge in [0.1, 0.15) is 0 Å². The first-order chi connectivity index (χ1) is 12.2. The molecule has 0 amide bonds. The third kappa shape index (κ3) is 5.53. The van der Waals surface area contributed by atoms with E-state index in [-0.39, 0.29) is 5.54 Å². The highest BCUT2D eigenvalue weighted by Gasteiger charge is 2.38. The molecular formula is C20H26Cl4Si2. The molecule has 26 heavy (non-hydrogen) atoms. The van der Waals surface area contributed by atoms with E-state index >= 15 is 0 Å². The average Bonchev–Trinajstić information content (AvgIpc) is 2.60. The van der Waals surface area contributed by atoms with E-state index < -0.39 is 13.4 Å². The van der Waals surface area contributed by atoms with E-state index in [2.05, 4.69) is 56.3 Å². The minimum Gasteiger partial charge on any atom is -0.145 e. The van der Waals surface area contributed by atoms with Gasteiger partial charge >= 0.3 is 0 Å². The van der Waals surface area contributed by atoms with E-state index in [4.69, 9.17) is 44.3 Å². The molecule has 0 aliphatic carbocycles. The van der Waals surface area contributed by atoms with Gasteiger partial charge in [0.25, 0.3) is 13.4 Å². The van der Waals surface area contributed by atoms with Gasteiger partial charge in [0.15, 0.2) is 0 Å². The maximum Gasteiger partial charge on any atom is 0.278 e. The second kappa shape index (κ2) is 9.49. The number of aryl methyl sites for hydroxylation is 1. The van der Waals surface area contributed by atoms with Crippen LogP contribution in [0.25, 0.3) is 0 Å². The molecule has 1 unspecified atom stereocenters. The van der Waals surface area contributed by atoms with Crippen LogP contribution in [0.1, 0.15) is 42.5 Å². The Hall–Kier alpha value is 0.0338. The smallest absolute Gasteiger partial charge is 0.145 e. The molecule has 142 valence electrons. The second-order valence-corrected chi connectivity index (χ2v) is 21.6. The fourth-order valence-electron chi connectivity index (χ4n) is 3.64. The minimum atomic E-state index is -2.47. The Balaban J connectivity index is 2.24. The SMILES string of the molecule is CCc1c(CC[Si](Cl)(Cl)C(CC)c2ccccc2)cccc1[Si](C)(Cl)Cl. The zero-order chi connectivity index (χ0) is 19.4. The summed E-state index contributed by atoms with van der Waals surface area (Å²) in [6, 6.07) is 17.5. The molecule has 0 spiro atoms. The topological polar surface area (TPSA) is 0 Å². The van der Waals surface area contributed by atoms with Gasteiger partial charge in [-0.3, -0.25) is 0 Å². The molecule has 2 aromatic carbocycles. The van der Waals surface area contributed by atoms with Gasteiger partial charge in [0, 0.05) is 5.54 Å². The highest BCUT2D eigenvalue weighted by molar-refractivity contribution is 7.50. The van der Waals surface area contributed by atoms with Gasteiger partial charge in [-0.2, -0.15) is 0 Å². The lowest BCUT2D eigenvalue weighted by molar-refractivity contribution is 0.850. The van der Waals surface area contributed by atoms with Gasteiger partial charge in [0.2, 0.25) is 0 Å². The first-order valence-electron chi connectivity index (χ1n) is 9.12. The Morgan fingerprint density at radius 2 is 1.54 bits per heavy atom. The zero-order valence-electron chi connectivity index (χ0n) is 15.5. The highest BCUT2D eigenvalue weighted by atomic mass is 35.7. The molecule has 2 rings (SSSR count). The van der Waals surface area contributed by atoms with Gasteiger partial charge in [-0.15, -0.1) is 44.3 Å². The summed E-state index contributed by atoms with van der Waals surface area (Å²) in [6.45, 7) is 1.42. The lowest BCUT2D eigenvalue weighted by Crippen LogP contribution is -2.36. The quantitative estimate of drug-likeness (QED) is 0.286. The van der Waals surface area contributed by atoms with Crippen molar-refractivity contribution in [3.63, 3.8) is 0 Å². The molecule has 0 N–H and O–H groups in total. The molecule has 1 atom stereocenters. The maximum absolute atomic E-state index is 6.97. The van der Waals surface area contributed by atoms with Crippen LogP contribution in [0.3, 0.4) is 0 Å². The number of hydrogen-bond acceptors (Lipinski definition) is 0. The molecule has 0 fully saturated rings. The summed E-state index contributed by atoms with van der Waals surface area (Å²) in [5, 5.41) is 1.12. The molecule has 0 saturated carbocycles. The van der Waals surface area contributed by atoms with E-state index in [1.165, 1.54) is 16.7 Å². The molecule has 0 aliphatic rings. The largest absolute Gasteiger partial charge is 0.278 e. The summed E-state index contributed by atoms with van der Waals surface area (Å²) < 4.78 is 0. The van der Waals surface area contributed by atoms with Crippen molar-refractivity contribution in [3.05, 3.63) is 65.2 Å². The minimum absolute atomic E-state index is 0.237. The summed E-state index contributed by atoms with van der Waals surface area (Å²) in [5.74, 6) is 0. The van der Waals surface area contributed by atoms with Gasteiger partial charge in [-0.1, -0.05) is 62.4 Å². The van der Waals surface area contributed by atoms with E-state index in [9.17, 15) is 0 Å². The van der Waals surface area contributed by atoms with E-state index in [1.807, 2.05) is 12.6 Å². The molecule has 6 heteroatoms. The van der Waals surface area contributed by atoms with Gasteiger partial charge in [0.05, 0.1) is 0 Å². The fourth-order valence-corrected chi connectivity index (χ4v) is 10.4. The van der Waals surface area contributed by atoms with Gasteiger partial charge in [-0.25, -0.2) is 0 Å². The molecule has 0 radical (unpaired) electrons. The van der Waals surface area contributed by atoms with Crippen LogP contribution < -0.4 is 5.19 Å². The van der Waals surface area contributed by atoms with Crippen molar-refractivity contribution in [3.8, 4) is 0 Å². The maximum atomic E-state index is 6.97. The number of halogens is 4. The van der Waals surface area contributed by atoms with E-state index in [0.717, 1.165) is 30.5 Å². The zero-order valence-corrected chi connectivity index (χ0v) is 20.6. The van der Waals surface area contributed by atoms with Crippen molar-refractivity contribution in [1.82, 2.24) is 0 Å². The summed E-state index contributed by atoms with van der Waals surface area (Å²) in [4.78, 5) is 0. The predicted octanol–water partition coefficient (Wildman–Crippen LogP) is 7.20. The van der Waals surface area contributed by atoms with Crippen LogP contribution in [0.2, 0.25) is 12.6 Å². The summed E-state index contributed by atoms with van der Waals surface area (Å²) in [5.41, 5.74) is 4.04. The summed E-state index contributed by atoms with van der Waals surface area (Å²) in [7, 11) is 0. The molecule has 0 aromatic heterocycles. The van der Waals surface area contributed by atoms with Crippen LogP contribution in [0.15, 0.2) is 48.5 Å². The third-order valence-corrected chi connectivity index (χ3v) is 13.0. The van der Waals surface area contributed by atoms with Crippen LogP contribution in [-0.4, -0.2) is 13.4 Å². The van der Waals surface area contributed by atoms with Crippen LogP contribution >= 0.6 is 44.3 Å². The molecule has 0 heterocycles. The van der Waals surface area contributed by atoms with Crippen LogP contribution in [0, 0.1) is 0 Å². The standard InChI is InChI=1S/C20H26Cl4Si2/c1-4-18-16(12-9-13-20(18)25(3,21)22)14-15-26(23,24)19(5-2)17-10-7-6-8-11-17/h6-13,19H,4-5,14-15H2,1-3H3. The van der Waals surface area contributed by atoms with Crippen molar-refractivity contribution in [2.45, 2.75) is 51.2 Å². The van der Waals surface area contributed by atoms with E-state index in [1.54, 1.807) is 0 Å². The Morgan fingerprint density at radius 3 is 2.08 bits per heavy atom. The van der Waals surface area contributed by atoms with Crippen molar-refractivity contribution in [2.75, 3.05) is 0 Å². The average molecular weight is 464 g/mol. The number of hydrogen-bond donors (Lipinski definition) is 0. The van der Waals surface area contributed by atoms with Crippen LogP contribution in [0.5, 0.6) is 0 Å². The molecule has 0 bridgehead atoms. The second-order valence-electron chi connectivity index (χ2n) is 6.82.